The number of carbonyl (C=O) groups is 1. The summed E-state index contributed by atoms with van der Waals surface area (Å²) in [6, 6.07) is 29.7. The van der Waals surface area contributed by atoms with Crippen LogP contribution in [0.25, 0.3) is 10.4 Å². The van der Waals surface area contributed by atoms with E-state index in [2.05, 4.69) is 20.9 Å². The van der Waals surface area contributed by atoms with Crippen molar-refractivity contribution in [1.82, 2.24) is 10.9 Å². The Bertz CT molecular complexity index is 1780. The first kappa shape index (κ1) is 34.3. The topological polar surface area (TPSA) is 150 Å². The van der Waals surface area contributed by atoms with E-state index in [-0.39, 0.29) is 25.5 Å². The van der Waals surface area contributed by atoms with Crippen LogP contribution in [0.15, 0.2) is 107 Å². The van der Waals surface area contributed by atoms with Gasteiger partial charge in [-0.25, -0.2) is 10.4 Å². The maximum absolute atomic E-state index is 14.5. The largest absolute Gasteiger partial charge is 0.497 e. The van der Waals surface area contributed by atoms with Crippen molar-refractivity contribution in [2.45, 2.75) is 37.5 Å². The SMILES string of the molecule is COc1cccc([C@@H]2OC(c3ccc(OCCCO)cc3)=N[C@]2(Cc2ccccc2CN=[N+]=[N-])C(=O)NNCCc2cccc(Cl)c2)c1. The second-order valence-electron chi connectivity index (χ2n) is 11.2. The molecule has 1 aliphatic heterocycles. The van der Waals surface area contributed by atoms with Gasteiger partial charge in [0.1, 0.15) is 11.5 Å². The Labute approximate surface area is 284 Å². The Hall–Kier alpha value is -5.06. The third kappa shape index (κ3) is 8.44. The van der Waals surface area contributed by atoms with Gasteiger partial charge in [0.2, 0.25) is 5.90 Å². The Kier molecular flexibility index (Phi) is 11.9. The molecule has 0 spiro atoms. The lowest BCUT2D eigenvalue weighted by Crippen LogP contribution is -2.54. The number of halogens is 1. The van der Waals surface area contributed by atoms with Gasteiger partial charge in [-0.15, -0.1) is 0 Å². The number of aliphatic hydroxyl groups is 1. The van der Waals surface area contributed by atoms with Gasteiger partial charge in [0, 0.05) is 41.5 Å². The highest BCUT2D eigenvalue weighted by atomic mass is 35.5. The van der Waals surface area contributed by atoms with Crippen molar-refractivity contribution in [2.24, 2.45) is 10.1 Å². The fourth-order valence-corrected chi connectivity index (χ4v) is 5.73. The van der Waals surface area contributed by atoms with E-state index in [1.165, 1.54) is 0 Å². The van der Waals surface area contributed by atoms with Crippen LogP contribution in [0.1, 0.15) is 40.3 Å². The van der Waals surface area contributed by atoms with Crippen LogP contribution in [0, 0.1) is 0 Å². The van der Waals surface area contributed by atoms with Gasteiger partial charge in [-0.05, 0) is 82.7 Å². The molecule has 12 heteroatoms. The number of nitrogens with zero attached hydrogens (tertiary/aromatic N) is 4. The minimum absolute atomic E-state index is 0.0417. The van der Waals surface area contributed by atoms with Crippen molar-refractivity contribution in [3.8, 4) is 11.5 Å². The van der Waals surface area contributed by atoms with Crippen LogP contribution in [0.2, 0.25) is 5.02 Å². The van der Waals surface area contributed by atoms with Gasteiger partial charge in [-0.3, -0.25) is 10.2 Å². The van der Waals surface area contributed by atoms with Crippen LogP contribution in [0.3, 0.4) is 0 Å². The Morgan fingerprint density at radius 2 is 1.83 bits per heavy atom. The number of rotatable bonds is 16. The van der Waals surface area contributed by atoms with Gasteiger partial charge < -0.3 is 19.3 Å². The summed E-state index contributed by atoms with van der Waals surface area (Å²) < 4.78 is 17.9. The molecule has 3 N–H and O–H groups in total. The molecule has 1 amide bonds. The van der Waals surface area contributed by atoms with E-state index in [4.69, 9.17) is 41.4 Å². The highest BCUT2D eigenvalue weighted by Gasteiger charge is 2.53. The third-order valence-electron chi connectivity index (χ3n) is 7.94. The first-order valence-corrected chi connectivity index (χ1v) is 15.9. The van der Waals surface area contributed by atoms with E-state index in [0.29, 0.717) is 53.6 Å². The maximum atomic E-state index is 14.5. The molecule has 1 heterocycles. The molecule has 2 atom stereocenters. The number of carbonyl (C=O) groups excluding carboxylic acids is 1. The summed E-state index contributed by atoms with van der Waals surface area (Å²) in [4.78, 5) is 22.6. The van der Waals surface area contributed by atoms with E-state index in [0.717, 1.165) is 16.7 Å². The monoisotopic (exact) mass is 668 g/mol. The summed E-state index contributed by atoms with van der Waals surface area (Å²) >= 11 is 6.16. The van der Waals surface area contributed by atoms with E-state index in [1.807, 2.05) is 84.9 Å². The number of hydrogen-bond donors (Lipinski definition) is 3. The quantitative estimate of drug-likeness (QED) is 0.0420. The lowest BCUT2D eigenvalue weighted by atomic mass is 9.81. The van der Waals surface area contributed by atoms with Crippen molar-refractivity contribution in [1.29, 1.82) is 0 Å². The zero-order valence-electron chi connectivity index (χ0n) is 26.5. The maximum Gasteiger partial charge on any atom is 0.266 e. The first-order chi connectivity index (χ1) is 23.5. The molecule has 4 aromatic rings. The van der Waals surface area contributed by atoms with Crippen molar-refractivity contribution < 1.29 is 24.1 Å². The molecule has 0 bridgehead atoms. The van der Waals surface area contributed by atoms with Crippen LogP contribution in [-0.4, -0.2) is 49.3 Å². The summed E-state index contributed by atoms with van der Waals surface area (Å²) in [5.41, 5.74) is 17.5. The van der Waals surface area contributed by atoms with Crippen LogP contribution in [0.4, 0.5) is 0 Å². The van der Waals surface area contributed by atoms with E-state index in [1.54, 1.807) is 19.2 Å². The van der Waals surface area contributed by atoms with Crippen LogP contribution >= 0.6 is 11.6 Å². The summed E-state index contributed by atoms with van der Waals surface area (Å²) in [6.45, 7) is 0.976. The highest BCUT2D eigenvalue weighted by molar-refractivity contribution is 6.30. The summed E-state index contributed by atoms with van der Waals surface area (Å²) in [5, 5.41) is 13.5. The minimum Gasteiger partial charge on any atom is -0.497 e. The fraction of sp³-hybridized carbons (Fsp3) is 0.278. The standard InChI is InChI=1S/C36H37ClN6O5/c1-46-32-12-5-10-27(22-32)33-36(23-28-8-2-3-9-29(28)24-40-43-38,35(45)42-39-18-17-25-7-4-11-30(37)21-25)41-34(48-33)26-13-15-31(16-14-26)47-20-6-19-44/h2-5,7-16,21-22,33,39,44H,6,17-20,23-24H2,1H3,(H,42,45)/t33-,36-/m0/s1. The lowest BCUT2D eigenvalue weighted by molar-refractivity contribution is -0.130. The molecule has 4 aromatic carbocycles. The van der Waals surface area contributed by atoms with Crippen LogP contribution < -0.4 is 20.3 Å². The first-order valence-electron chi connectivity index (χ1n) is 15.6. The number of benzene rings is 4. The summed E-state index contributed by atoms with van der Waals surface area (Å²) in [7, 11) is 1.58. The predicted molar refractivity (Wildman–Crippen MR) is 184 cm³/mol. The summed E-state index contributed by atoms with van der Waals surface area (Å²) in [6.07, 6.45) is 0.427. The van der Waals surface area contributed by atoms with Crippen LogP contribution in [-0.2, 0) is 28.9 Å². The number of ether oxygens (including phenoxy) is 3. The predicted octanol–water partition coefficient (Wildman–Crippen LogP) is 6.28. The molecule has 1 aliphatic rings. The van der Waals surface area contributed by atoms with E-state index >= 15 is 0 Å². The molecule has 0 radical (unpaired) electrons. The molecular weight excluding hydrogens is 632 g/mol. The summed E-state index contributed by atoms with van der Waals surface area (Å²) in [5.74, 6) is 1.12. The highest BCUT2D eigenvalue weighted by Crippen LogP contribution is 2.43. The second kappa shape index (κ2) is 16.7. The van der Waals surface area contributed by atoms with Crippen LogP contribution in [0.5, 0.6) is 11.5 Å². The molecule has 0 aliphatic carbocycles. The van der Waals surface area contributed by atoms with Crippen molar-refractivity contribution in [3.05, 3.63) is 140 Å². The molecule has 0 saturated carbocycles. The molecule has 5 rings (SSSR count). The van der Waals surface area contributed by atoms with E-state index < -0.39 is 17.6 Å². The van der Waals surface area contributed by atoms with Crippen molar-refractivity contribution in [2.75, 3.05) is 26.9 Å². The number of hydrogen-bond acceptors (Lipinski definition) is 8. The zero-order chi connectivity index (χ0) is 33.8. The van der Waals surface area contributed by atoms with Gasteiger partial charge in [0.05, 0.1) is 20.3 Å². The fourth-order valence-electron chi connectivity index (χ4n) is 5.52. The normalized spacial score (nSPS) is 16.7. The molecule has 248 valence electrons. The smallest absolute Gasteiger partial charge is 0.266 e. The minimum atomic E-state index is -1.49. The Morgan fingerprint density at radius 1 is 1.04 bits per heavy atom. The average Bonchev–Trinajstić information content (AvgIpc) is 3.50. The molecule has 11 nitrogen and oxygen atoms in total. The molecule has 0 saturated heterocycles. The molecule has 0 aromatic heterocycles. The van der Waals surface area contributed by atoms with Gasteiger partial charge >= 0.3 is 0 Å². The number of aliphatic hydroxyl groups excluding tert-OH is 1. The number of amides is 1. The number of hydrazine groups is 1. The second-order valence-corrected chi connectivity index (χ2v) is 11.6. The molecular formula is C36H37ClN6O5. The number of nitrogens with one attached hydrogen (secondary N) is 2. The van der Waals surface area contributed by atoms with E-state index in [9.17, 15) is 4.79 Å². The molecule has 48 heavy (non-hydrogen) atoms. The number of azide groups is 1. The van der Waals surface area contributed by atoms with Gasteiger partial charge in [0.25, 0.3) is 5.91 Å². The van der Waals surface area contributed by atoms with Gasteiger partial charge in [-0.2, -0.15) is 0 Å². The number of aliphatic imine (C=N–C) groups is 1. The lowest BCUT2D eigenvalue weighted by Gasteiger charge is -2.31. The molecule has 0 fully saturated rings. The van der Waals surface area contributed by atoms with Crippen molar-refractivity contribution in [3.63, 3.8) is 0 Å². The Balaban J connectivity index is 1.54. The molecule has 0 unspecified atom stereocenters. The number of methoxy groups -OCH3 is 1. The zero-order valence-corrected chi connectivity index (χ0v) is 27.3. The average molecular weight is 669 g/mol. The van der Waals surface area contributed by atoms with Gasteiger partial charge in [0.15, 0.2) is 11.6 Å². The third-order valence-corrected chi connectivity index (χ3v) is 8.17. The van der Waals surface area contributed by atoms with Crippen molar-refractivity contribution >= 4 is 23.4 Å². The Morgan fingerprint density at radius 3 is 2.58 bits per heavy atom. The van der Waals surface area contributed by atoms with Gasteiger partial charge in [-0.1, -0.05) is 65.2 Å².